The number of nitrogens with zero attached hydrogens (tertiary/aromatic N) is 1. The molecule has 4 heteroatoms. The first-order valence-corrected chi connectivity index (χ1v) is 8.45. The van der Waals surface area contributed by atoms with Gasteiger partial charge in [0.2, 0.25) is 0 Å². The van der Waals surface area contributed by atoms with Crippen molar-refractivity contribution in [3.63, 3.8) is 0 Å². The van der Waals surface area contributed by atoms with Crippen molar-refractivity contribution in [2.45, 2.75) is 32.2 Å². The zero-order chi connectivity index (χ0) is 16.2. The topological polar surface area (TPSA) is 32.3 Å². The molecule has 1 N–H and O–H groups in total. The molecule has 1 heterocycles. The Hall–Kier alpha value is -2.00. The van der Waals surface area contributed by atoms with Crippen molar-refractivity contribution in [3.05, 3.63) is 59.1 Å². The Morgan fingerprint density at radius 1 is 1.17 bits per heavy atom. The number of carbonyl (C=O) groups is 1. The van der Waals surface area contributed by atoms with E-state index in [0.717, 1.165) is 12.2 Å². The molecule has 3 rings (SSSR count). The fourth-order valence-corrected chi connectivity index (χ4v) is 3.24. The van der Waals surface area contributed by atoms with Crippen LogP contribution in [-0.4, -0.2) is 18.5 Å². The molecule has 1 atom stereocenters. The summed E-state index contributed by atoms with van der Waals surface area (Å²) in [5.41, 5.74) is 2.58. The maximum atomic E-state index is 12.2. The molecule has 0 saturated carbocycles. The van der Waals surface area contributed by atoms with Gasteiger partial charge in [-0.15, -0.1) is 0 Å². The molecular formula is C19H21ClN2O. The maximum Gasteiger partial charge on any atom is 0.255 e. The summed E-state index contributed by atoms with van der Waals surface area (Å²) in [4.78, 5) is 14.7. The zero-order valence-electron chi connectivity index (χ0n) is 13.3. The molecule has 0 aliphatic carbocycles. The van der Waals surface area contributed by atoms with Gasteiger partial charge < -0.3 is 10.2 Å². The average Bonchev–Trinajstić information content (AvgIpc) is 2.56. The van der Waals surface area contributed by atoms with E-state index in [2.05, 4.69) is 29.3 Å². The van der Waals surface area contributed by atoms with Gasteiger partial charge in [-0.25, -0.2) is 0 Å². The van der Waals surface area contributed by atoms with Crippen molar-refractivity contribution in [2.75, 3.05) is 16.8 Å². The number of nitrogens with one attached hydrogen (secondary N) is 1. The highest BCUT2D eigenvalue weighted by Gasteiger charge is 2.18. The average molecular weight is 329 g/mol. The van der Waals surface area contributed by atoms with Crippen molar-refractivity contribution in [2.24, 2.45) is 0 Å². The second-order valence-corrected chi connectivity index (χ2v) is 6.49. The van der Waals surface area contributed by atoms with Gasteiger partial charge in [0.25, 0.3) is 5.91 Å². The van der Waals surface area contributed by atoms with Gasteiger partial charge in [-0.2, -0.15) is 0 Å². The lowest BCUT2D eigenvalue weighted by molar-refractivity contribution is 0.102. The fraction of sp³-hybridized carbons (Fsp3) is 0.316. The highest BCUT2D eigenvalue weighted by Crippen LogP contribution is 2.26. The minimum absolute atomic E-state index is 0.147. The molecule has 0 bridgehead atoms. The summed E-state index contributed by atoms with van der Waals surface area (Å²) in [5.74, 6) is -0.147. The monoisotopic (exact) mass is 328 g/mol. The van der Waals surface area contributed by atoms with Gasteiger partial charge >= 0.3 is 0 Å². The molecule has 3 nitrogen and oxygen atoms in total. The summed E-state index contributed by atoms with van der Waals surface area (Å²) in [6.45, 7) is 3.38. The zero-order valence-corrected chi connectivity index (χ0v) is 14.0. The van der Waals surface area contributed by atoms with Crippen molar-refractivity contribution in [1.29, 1.82) is 0 Å². The predicted octanol–water partition coefficient (Wildman–Crippen LogP) is 4.97. The van der Waals surface area contributed by atoms with Crippen LogP contribution in [0.25, 0.3) is 0 Å². The van der Waals surface area contributed by atoms with Crippen LogP contribution in [0.15, 0.2) is 48.5 Å². The number of benzene rings is 2. The fourth-order valence-electron chi connectivity index (χ4n) is 3.05. The van der Waals surface area contributed by atoms with E-state index in [1.807, 2.05) is 12.1 Å². The second kappa shape index (κ2) is 7.05. The van der Waals surface area contributed by atoms with Gasteiger partial charge in [0, 0.05) is 34.5 Å². The Morgan fingerprint density at radius 3 is 2.65 bits per heavy atom. The van der Waals surface area contributed by atoms with Crippen LogP contribution in [0.1, 0.15) is 36.5 Å². The third-order valence-corrected chi connectivity index (χ3v) is 4.58. The predicted molar refractivity (Wildman–Crippen MR) is 96.5 cm³/mol. The third kappa shape index (κ3) is 3.85. The Bertz CT molecular complexity index is 684. The molecule has 0 radical (unpaired) electrons. The summed E-state index contributed by atoms with van der Waals surface area (Å²) in [6.07, 6.45) is 3.80. The molecular weight excluding hydrogens is 308 g/mol. The molecule has 0 spiro atoms. The van der Waals surface area contributed by atoms with Gasteiger partial charge in [-0.3, -0.25) is 4.79 Å². The quantitative estimate of drug-likeness (QED) is 0.862. The van der Waals surface area contributed by atoms with Gasteiger partial charge in [0.15, 0.2) is 0 Å². The molecule has 1 fully saturated rings. The molecule has 1 saturated heterocycles. The van der Waals surface area contributed by atoms with E-state index < -0.39 is 0 Å². The van der Waals surface area contributed by atoms with Gasteiger partial charge in [0.05, 0.1) is 0 Å². The molecule has 2 aromatic carbocycles. The van der Waals surface area contributed by atoms with E-state index in [9.17, 15) is 4.79 Å². The van der Waals surface area contributed by atoms with Gasteiger partial charge in [-0.1, -0.05) is 17.7 Å². The van der Waals surface area contributed by atoms with E-state index >= 15 is 0 Å². The minimum atomic E-state index is -0.147. The molecule has 1 aliphatic rings. The van der Waals surface area contributed by atoms with Gasteiger partial charge in [0.1, 0.15) is 0 Å². The first kappa shape index (κ1) is 15.9. The molecule has 1 aliphatic heterocycles. The first-order valence-electron chi connectivity index (χ1n) is 8.07. The number of hydrogen-bond donors (Lipinski definition) is 1. The van der Waals surface area contributed by atoms with Crippen LogP contribution in [0.5, 0.6) is 0 Å². The molecule has 1 amide bonds. The number of anilines is 2. The normalized spacial score (nSPS) is 17.8. The Kier molecular flexibility index (Phi) is 4.87. The van der Waals surface area contributed by atoms with Crippen LogP contribution >= 0.6 is 11.6 Å². The largest absolute Gasteiger partial charge is 0.369 e. The lowest BCUT2D eigenvalue weighted by atomic mass is 10.0. The molecule has 23 heavy (non-hydrogen) atoms. The molecule has 0 aromatic heterocycles. The number of rotatable bonds is 3. The Labute approximate surface area is 142 Å². The number of piperidine rings is 1. The van der Waals surface area contributed by atoms with E-state index in [1.165, 1.54) is 24.9 Å². The van der Waals surface area contributed by atoms with Crippen LogP contribution in [0.3, 0.4) is 0 Å². The van der Waals surface area contributed by atoms with Crippen LogP contribution in [-0.2, 0) is 0 Å². The van der Waals surface area contributed by atoms with Gasteiger partial charge in [-0.05, 0) is 68.7 Å². The van der Waals surface area contributed by atoms with E-state index in [4.69, 9.17) is 11.6 Å². The Balaban J connectivity index is 1.69. The third-order valence-electron chi connectivity index (χ3n) is 4.35. The molecule has 0 unspecified atom stereocenters. The number of carbonyl (C=O) groups excluding carboxylic acids is 1. The lowest BCUT2D eigenvalue weighted by Crippen LogP contribution is -2.37. The highest BCUT2D eigenvalue weighted by molar-refractivity contribution is 6.31. The summed E-state index contributed by atoms with van der Waals surface area (Å²) in [6, 6.07) is 15.6. The van der Waals surface area contributed by atoms with Crippen LogP contribution < -0.4 is 10.2 Å². The van der Waals surface area contributed by atoms with Crippen LogP contribution in [0, 0.1) is 0 Å². The maximum absolute atomic E-state index is 12.2. The molecule has 2 aromatic rings. The minimum Gasteiger partial charge on any atom is -0.369 e. The summed E-state index contributed by atoms with van der Waals surface area (Å²) in [7, 11) is 0. The van der Waals surface area contributed by atoms with E-state index in [0.29, 0.717) is 16.6 Å². The van der Waals surface area contributed by atoms with E-state index in [1.54, 1.807) is 24.3 Å². The standard InChI is InChI=1S/C19H21ClN2O/c1-14-5-2-3-12-22(14)18-10-8-17(9-11-18)21-19(23)15-6-4-7-16(20)13-15/h4,6-11,13-14H,2-3,5,12H2,1H3,(H,21,23)/t14-/m0/s1. The van der Waals surface area contributed by atoms with E-state index in [-0.39, 0.29) is 5.91 Å². The number of hydrogen-bond acceptors (Lipinski definition) is 2. The first-order chi connectivity index (χ1) is 11.1. The van der Waals surface area contributed by atoms with Crippen molar-refractivity contribution in [1.82, 2.24) is 0 Å². The number of amides is 1. The lowest BCUT2D eigenvalue weighted by Gasteiger charge is -2.35. The summed E-state index contributed by atoms with van der Waals surface area (Å²) >= 11 is 5.93. The Morgan fingerprint density at radius 2 is 1.96 bits per heavy atom. The smallest absolute Gasteiger partial charge is 0.255 e. The second-order valence-electron chi connectivity index (χ2n) is 6.05. The van der Waals surface area contributed by atoms with Crippen molar-refractivity contribution >= 4 is 28.9 Å². The van der Waals surface area contributed by atoms with Crippen LogP contribution in [0.2, 0.25) is 5.02 Å². The summed E-state index contributed by atoms with van der Waals surface area (Å²) < 4.78 is 0. The van der Waals surface area contributed by atoms with Crippen molar-refractivity contribution < 1.29 is 4.79 Å². The molecule has 120 valence electrons. The van der Waals surface area contributed by atoms with Crippen LogP contribution in [0.4, 0.5) is 11.4 Å². The highest BCUT2D eigenvalue weighted by atomic mass is 35.5. The summed E-state index contributed by atoms with van der Waals surface area (Å²) in [5, 5.41) is 3.47. The SMILES string of the molecule is C[C@H]1CCCCN1c1ccc(NC(=O)c2cccc(Cl)c2)cc1. The van der Waals surface area contributed by atoms with Crippen molar-refractivity contribution in [3.8, 4) is 0 Å². The number of halogens is 1.